The molecule has 0 N–H and O–H groups in total. The van der Waals surface area contributed by atoms with Gasteiger partial charge >= 0.3 is 0 Å². The maximum Gasteiger partial charge on any atom is 0.0651 e. The second kappa shape index (κ2) is 13.3. The standard InChI is InChI=1S/C50H35N/c1-3-13-36(14-4-1)37-25-30-43(31-26-37)51(45-21-11-20-42(35-45)47-24-12-19-38-15-7-9-22-46(38)47)44-32-27-40(28-33-44)49-34-29-39-16-8-10-23-48(39)50(49)41-17-5-2-6-18-41/h1-35H/i1D,3D,4D,11D,13D,14D,20D,21D,25D,26D,27D,28D,30D,31D,32D,33D,35D. The van der Waals surface area contributed by atoms with Crippen molar-refractivity contribution >= 4 is 38.6 Å². The van der Waals surface area contributed by atoms with E-state index in [-0.39, 0.29) is 16.7 Å². The molecule has 0 atom stereocenters. The Morgan fingerprint density at radius 3 is 1.67 bits per heavy atom. The fraction of sp³-hybridized carbons (Fsp3) is 0. The summed E-state index contributed by atoms with van der Waals surface area (Å²) >= 11 is 0. The highest BCUT2D eigenvalue weighted by atomic mass is 15.1. The summed E-state index contributed by atoms with van der Waals surface area (Å²) in [5.74, 6) is 0. The second-order valence-corrected chi connectivity index (χ2v) is 11.6. The molecule has 9 aromatic rings. The van der Waals surface area contributed by atoms with Crippen molar-refractivity contribution in [3.63, 3.8) is 0 Å². The van der Waals surface area contributed by atoms with E-state index in [1.54, 1.807) is 54.6 Å². The van der Waals surface area contributed by atoms with Gasteiger partial charge < -0.3 is 4.90 Å². The monoisotopic (exact) mass is 666 g/mol. The lowest BCUT2D eigenvalue weighted by atomic mass is 9.90. The van der Waals surface area contributed by atoms with Crippen LogP contribution < -0.4 is 4.90 Å². The van der Waals surface area contributed by atoms with Gasteiger partial charge in [0.2, 0.25) is 0 Å². The SMILES string of the molecule is [2H]c1c([2H])c([2H])c(-c2c([2H])c([2H])c(N(c3c([2H])c([2H])c(-c4ccc5ccccc5c4-c4ccccc4)c([2H])c3[2H])c3c([2H])c([2H])c([2H])c(-c4cccc5ccccc45)c3[2H])c([2H])c2[2H])c([2H])c1[2H]. The molecule has 0 aromatic heterocycles. The van der Waals surface area contributed by atoms with Crippen LogP contribution in [0.25, 0.3) is 66.1 Å². The fourth-order valence-electron chi connectivity index (χ4n) is 6.22. The molecule has 51 heavy (non-hydrogen) atoms. The van der Waals surface area contributed by atoms with E-state index < -0.39 is 131 Å². The van der Waals surface area contributed by atoms with Gasteiger partial charge in [-0.05, 0) is 102 Å². The van der Waals surface area contributed by atoms with E-state index in [2.05, 4.69) is 0 Å². The van der Waals surface area contributed by atoms with Gasteiger partial charge in [-0.3, -0.25) is 0 Å². The van der Waals surface area contributed by atoms with Crippen LogP contribution in [0.3, 0.4) is 0 Å². The summed E-state index contributed by atoms with van der Waals surface area (Å²) in [7, 11) is 0. The van der Waals surface area contributed by atoms with E-state index in [0.29, 0.717) is 27.5 Å². The van der Waals surface area contributed by atoms with Crippen molar-refractivity contribution in [3.8, 4) is 44.5 Å². The summed E-state index contributed by atoms with van der Waals surface area (Å²) < 4.78 is 156. The van der Waals surface area contributed by atoms with E-state index in [9.17, 15) is 13.7 Å². The van der Waals surface area contributed by atoms with Crippen LogP contribution in [-0.4, -0.2) is 0 Å². The maximum atomic E-state index is 9.83. The molecule has 0 spiro atoms. The second-order valence-electron chi connectivity index (χ2n) is 11.6. The van der Waals surface area contributed by atoms with E-state index in [1.165, 1.54) is 0 Å². The molecule has 0 aliphatic rings. The quantitative estimate of drug-likeness (QED) is 0.164. The minimum absolute atomic E-state index is 0.138. The zero-order valence-corrected chi connectivity index (χ0v) is 26.8. The first kappa shape index (κ1) is 17.3. The van der Waals surface area contributed by atoms with Crippen molar-refractivity contribution in [2.75, 3.05) is 4.90 Å². The summed E-state index contributed by atoms with van der Waals surface area (Å²) in [4.78, 5) is 0.728. The largest absolute Gasteiger partial charge is 0.310 e. The molecular weight excluding hydrogens is 615 g/mol. The van der Waals surface area contributed by atoms with Gasteiger partial charge in [0, 0.05) is 17.1 Å². The molecule has 1 nitrogen and oxygen atoms in total. The Hall–Kier alpha value is -6.70. The molecule has 0 saturated heterocycles. The lowest BCUT2D eigenvalue weighted by Gasteiger charge is -2.27. The fourth-order valence-corrected chi connectivity index (χ4v) is 6.22. The van der Waals surface area contributed by atoms with Gasteiger partial charge in [-0.25, -0.2) is 0 Å². The lowest BCUT2D eigenvalue weighted by Crippen LogP contribution is -2.10. The number of fused-ring (bicyclic) bond motifs is 2. The predicted molar refractivity (Wildman–Crippen MR) is 218 cm³/mol. The van der Waals surface area contributed by atoms with Crippen LogP contribution in [0.5, 0.6) is 0 Å². The summed E-state index contributed by atoms with van der Waals surface area (Å²) in [6, 6.07) is 18.9. The first-order valence-corrected chi connectivity index (χ1v) is 16.1. The zero-order valence-electron chi connectivity index (χ0n) is 43.8. The molecule has 1 heteroatoms. The summed E-state index contributed by atoms with van der Waals surface area (Å²) in [5, 5.41) is 2.83. The van der Waals surface area contributed by atoms with Crippen LogP contribution in [-0.2, 0) is 0 Å². The molecule has 0 radical (unpaired) electrons. The Bertz CT molecular complexity index is 3520. The Labute approximate surface area is 323 Å². The third kappa shape index (κ3) is 5.86. The van der Waals surface area contributed by atoms with Crippen molar-refractivity contribution in [2.24, 2.45) is 0 Å². The van der Waals surface area contributed by atoms with Crippen LogP contribution in [0.15, 0.2) is 212 Å². The summed E-state index contributed by atoms with van der Waals surface area (Å²) in [5.41, 5.74) is -1.93. The molecule has 240 valence electrons. The van der Waals surface area contributed by atoms with Gasteiger partial charge in [-0.2, -0.15) is 0 Å². The summed E-state index contributed by atoms with van der Waals surface area (Å²) in [6.45, 7) is 0. The van der Waals surface area contributed by atoms with Crippen molar-refractivity contribution in [1.29, 1.82) is 0 Å². The van der Waals surface area contributed by atoms with Crippen molar-refractivity contribution in [3.05, 3.63) is 212 Å². The van der Waals surface area contributed by atoms with E-state index in [0.717, 1.165) is 15.7 Å². The topological polar surface area (TPSA) is 3.24 Å². The van der Waals surface area contributed by atoms with Gasteiger partial charge in [0.1, 0.15) is 0 Å². The Balaban J connectivity index is 1.42. The zero-order chi connectivity index (χ0) is 48.8. The molecule has 9 rings (SSSR count). The van der Waals surface area contributed by atoms with Crippen LogP contribution in [0.1, 0.15) is 23.3 Å². The molecule has 0 saturated carbocycles. The molecule has 0 bridgehead atoms. The highest BCUT2D eigenvalue weighted by Crippen LogP contribution is 2.42. The molecule has 0 amide bonds. The van der Waals surface area contributed by atoms with Gasteiger partial charge in [-0.15, -0.1) is 0 Å². The van der Waals surface area contributed by atoms with Crippen LogP contribution in [0.2, 0.25) is 0 Å². The molecule has 0 aliphatic heterocycles. The Morgan fingerprint density at radius 1 is 0.333 bits per heavy atom. The average Bonchev–Trinajstić information content (AvgIpc) is 3.34. The van der Waals surface area contributed by atoms with Crippen LogP contribution in [0.4, 0.5) is 17.1 Å². The summed E-state index contributed by atoms with van der Waals surface area (Å²) in [6.07, 6.45) is 0. The number of hydrogen-bond donors (Lipinski definition) is 0. The number of benzene rings is 9. The Morgan fingerprint density at radius 2 is 0.922 bits per heavy atom. The minimum Gasteiger partial charge on any atom is -0.310 e. The van der Waals surface area contributed by atoms with Crippen molar-refractivity contribution in [1.82, 2.24) is 0 Å². The third-order valence-corrected chi connectivity index (χ3v) is 8.58. The highest BCUT2D eigenvalue weighted by Gasteiger charge is 2.17. The molecule has 0 unspecified atom stereocenters. The third-order valence-electron chi connectivity index (χ3n) is 8.58. The maximum absolute atomic E-state index is 9.83. The number of rotatable bonds is 7. The van der Waals surface area contributed by atoms with Gasteiger partial charge in [0.25, 0.3) is 0 Å². The number of hydrogen-bond acceptors (Lipinski definition) is 1. The van der Waals surface area contributed by atoms with Gasteiger partial charge in [0.15, 0.2) is 0 Å². The van der Waals surface area contributed by atoms with Gasteiger partial charge in [-0.1, -0.05) is 176 Å². The molecule has 0 fully saturated rings. The van der Waals surface area contributed by atoms with E-state index >= 15 is 0 Å². The lowest BCUT2D eigenvalue weighted by molar-refractivity contribution is 1.28. The molecule has 9 aromatic carbocycles. The first-order chi connectivity index (χ1) is 32.4. The smallest absolute Gasteiger partial charge is 0.0651 e. The van der Waals surface area contributed by atoms with E-state index in [4.69, 9.17) is 9.60 Å². The normalized spacial score (nSPS) is 15.8. The van der Waals surface area contributed by atoms with Crippen LogP contribution >= 0.6 is 0 Å². The average molecular weight is 667 g/mol. The van der Waals surface area contributed by atoms with Crippen molar-refractivity contribution in [2.45, 2.75) is 0 Å². The number of nitrogens with zero attached hydrogens (tertiary/aromatic N) is 1. The molecule has 0 heterocycles. The predicted octanol–water partition coefficient (Wildman–Crippen LogP) is 14.1. The van der Waals surface area contributed by atoms with Crippen LogP contribution in [0, 0.1) is 0 Å². The van der Waals surface area contributed by atoms with Gasteiger partial charge in [0.05, 0.1) is 23.3 Å². The minimum atomic E-state index is -0.971. The Kier molecular flexibility index (Phi) is 4.51. The number of anilines is 3. The highest BCUT2D eigenvalue weighted by molar-refractivity contribution is 6.04. The van der Waals surface area contributed by atoms with Crippen molar-refractivity contribution < 1.29 is 23.3 Å². The van der Waals surface area contributed by atoms with E-state index in [1.807, 2.05) is 54.6 Å². The first-order valence-electron chi connectivity index (χ1n) is 24.6. The molecule has 0 aliphatic carbocycles. The molecular formula is C50H35N.